The highest BCUT2D eigenvalue weighted by Crippen LogP contribution is 2.22. The number of nitrogens with two attached hydrogens (primary N) is 1. The number of rotatable bonds is 4. The lowest BCUT2D eigenvalue weighted by Gasteiger charge is -2.22. The number of benzene rings is 1. The second kappa shape index (κ2) is 5.94. The first kappa shape index (κ1) is 13.6. The van der Waals surface area contributed by atoms with Crippen molar-refractivity contribution in [2.45, 2.75) is 44.8 Å². The number of ether oxygens (including phenoxy) is 1. The lowest BCUT2D eigenvalue weighted by atomic mass is 10.0. The van der Waals surface area contributed by atoms with Crippen LogP contribution in [0.2, 0.25) is 0 Å². The molecule has 0 radical (unpaired) electrons. The van der Waals surface area contributed by atoms with Crippen molar-refractivity contribution in [2.24, 2.45) is 12.8 Å². The molecule has 1 aliphatic heterocycles. The van der Waals surface area contributed by atoms with E-state index in [0.29, 0.717) is 12.6 Å². The molecule has 0 amide bonds. The lowest BCUT2D eigenvalue weighted by Crippen LogP contribution is -2.20. The standard InChI is InChI=1S/C16H23N3O/c1-19-14-7-4-5-12(11-17)16(14)18-15(19)9-8-13-6-2-3-10-20-13/h4-5,7,13H,2-3,6,8-11,17H2,1H3. The molecule has 1 unspecified atom stereocenters. The van der Waals surface area contributed by atoms with Gasteiger partial charge in [-0.3, -0.25) is 0 Å². The van der Waals surface area contributed by atoms with Crippen molar-refractivity contribution in [3.63, 3.8) is 0 Å². The van der Waals surface area contributed by atoms with Crippen LogP contribution >= 0.6 is 0 Å². The molecule has 0 spiro atoms. The van der Waals surface area contributed by atoms with Gasteiger partial charge in [-0.1, -0.05) is 12.1 Å². The van der Waals surface area contributed by atoms with Gasteiger partial charge in [-0.25, -0.2) is 4.98 Å². The Labute approximate surface area is 119 Å². The SMILES string of the molecule is Cn1c(CCC2CCCCO2)nc2c(CN)cccc21. The third-order valence-electron chi connectivity index (χ3n) is 4.27. The maximum atomic E-state index is 5.80. The monoisotopic (exact) mass is 273 g/mol. The molecule has 0 saturated carbocycles. The Bertz CT molecular complexity index is 585. The van der Waals surface area contributed by atoms with Gasteiger partial charge in [0.05, 0.1) is 17.1 Å². The summed E-state index contributed by atoms with van der Waals surface area (Å²) in [4.78, 5) is 4.79. The molecule has 1 aromatic carbocycles. The van der Waals surface area contributed by atoms with Crippen LogP contribution in [-0.4, -0.2) is 22.3 Å². The second-order valence-corrected chi connectivity index (χ2v) is 5.60. The van der Waals surface area contributed by atoms with Crippen LogP contribution in [-0.2, 0) is 24.8 Å². The normalized spacial score (nSPS) is 19.6. The number of hydrogen-bond donors (Lipinski definition) is 1. The summed E-state index contributed by atoms with van der Waals surface area (Å²) in [5.74, 6) is 1.13. The fourth-order valence-corrected chi connectivity index (χ4v) is 3.03. The van der Waals surface area contributed by atoms with Gasteiger partial charge in [0.15, 0.2) is 0 Å². The third-order valence-corrected chi connectivity index (χ3v) is 4.27. The van der Waals surface area contributed by atoms with E-state index in [-0.39, 0.29) is 0 Å². The minimum Gasteiger partial charge on any atom is -0.378 e. The Balaban J connectivity index is 1.79. The maximum Gasteiger partial charge on any atom is 0.109 e. The molecule has 0 aliphatic carbocycles. The van der Waals surface area contributed by atoms with Crippen molar-refractivity contribution in [1.29, 1.82) is 0 Å². The summed E-state index contributed by atoms with van der Waals surface area (Å²) < 4.78 is 7.99. The van der Waals surface area contributed by atoms with Gasteiger partial charge in [0.2, 0.25) is 0 Å². The topological polar surface area (TPSA) is 53.1 Å². The molecule has 2 N–H and O–H groups in total. The largest absolute Gasteiger partial charge is 0.378 e. The summed E-state index contributed by atoms with van der Waals surface area (Å²) >= 11 is 0. The van der Waals surface area contributed by atoms with E-state index in [1.54, 1.807) is 0 Å². The summed E-state index contributed by atoms with van der Waals surface area (Å²) in [6, 6.07) is 6.23. The molecule has 20 heavy (non-hydrogen) atoms. The van der Waals surface area contributed by atoms with Crippen molar-refractivity contribution in [1.82, 2.24) is 9.55 Å². The fourth-order valence-electron chi connectivity index (χ4n) is 3.03. The zero-order valence-corrected chi connectivity index (χ0v) is 12.1. The Morgan fingerprint density at radius 3 is 3.05 bits per heavy atom. The van der Waals surface area contributed by atoms with Crippen LogP contribution in [0.15, 0.2) is 18.2 Å². The quantitative estimate of drug-likeness (QED) is 0.931. The molecule has 4 nitrogen and oxygen atoms in total. The molecule has 4 heteroatoms. The van der Waals surface area contributed by atoms with Crippen LogP contribution in [0.4, 0.5) is 0 Å². The first-order chi connectivity index (χ1) is 9.79. The van der Waals surface area contributed by atoms with Crippen LogP contribution in [0.25, 0.3) is 11.0 Å². The number of nitrogens with zero attached hydrogens (tertiary/aromatic N) is 2. The van der Waals surface area contributed by atoms with Crippen molar-refractivity contribution in [3.05, 3.63) is 29.6 Å². The summed E-state index contributed by atoms with van der Waals surface area (Å²) in [5, 5.41) is 0. The molecule has 1 aliphatic rings. The molecule has 3 rings (SSSR count). The van der Waals surface area contributed by atoms with Crippen molar-refractivity contribution >= 4 is 11.0 Å². The Kier molecular flexibility index (Phi) is 4.03. The van der Waals surface area contributed by atoms with Crippen molar-refractivity contribution in [2.75, 3.05) is 6.61 Å². The van der Waals surface area contributed by atoms with Crippen LogP contribution < -0.4 is 5.73 Å². The highest BCUT2D eigenvalue weighted by atomic mass is 16.5. The molecule has 108 valence electrons. The lowest BCUT2D eigenvalue weighted by molar-refractivity contribution is 0.0111. The molecule has 2 heterocycles. The first-order valence-electron chi connectivity index (χ1n) is 7.54. The van der Waals surface area contributed by atoms with Gasteiger partial charge in [-0.2, -0.15) is 0 Å². The average molecular weight is 273 g/mol. The summed E-state index contributed by atoms with van der Waals surface area (Å²) in [7, 11) is 2.09. The molecule has 1 fully saturated rings. The maximum absolute atomic E-state index is 5.80. The van der Waals surface area contributed by atoms with Gasteiger partial charge in [0, 0.05) is 26.6 Å². The van der Waals surface area contributed by atoms with E-state index >= 15 is 0 Å². The number of aryl methyl sites for hydroxylation is 2. The minimum atomic E-state index is 0.414. The fraction of sp³-hybridized carbons (Fsp3) is 0.562. The molecule has 1 aromatic heterocycles. The van der Waals surface area contributed by atoms with Crippen molar-refractivity contribution < 1.29 is 4.74 Å². The van der Waals surface area contributed by atoms with Gasteiger partial charge in [-0.15, -0.1) is 0 Å². The molecular formula is C16H23N3O. The predicted molar refractivity (Wildman–Crippen MR) is 80.5 cm³/mol. The minimum absolute atomic E-state index is 0.414. The van der Waals surface area contributed by atoms with E-state index in [1.165, 1.54) is 24.8 Å². The molecule has 1 atom stereocenters. The van der Waals surface area contributed by atoms with E-state index in [1.807, 2.05) is 0 Å². The summed E-state index contributed by atoms with van der Waals surface area (Å²) in [5.41, 5.74) is 9.15. The molecule has 0 bridgehead atoms. The summed E-state index contributed by atoms with van der Waals surface area (Å²) in [6.07, 6.45) is 6.15. The number of para-hydroxylation sites is 1. The zero-order valence-electron chi connectivity index (χ0n) is 12.1. The molecular weight excluding hydrogens is 250 g/mol. The highest BCUT2D eigenvalue weighted by molar-refractivity contribution is 5.79. The van der Waals surface area contributed by atoms with E-state index < -0.39 is 0 Å². The Hall–Kier alpha value is -1.39. The predicted octanol–water partition coefficient (Wildman–Crippen LogP) is 2.53. The van der Waals surface area contributed by atoms with Gasteiger partial charge in [0.1, 0.15) is 5.82 Å². The third kappa shape index (κ3) is 2.58. The summed E-state index contributed by atoms with van der Waals surface area (Å²) in [6.45, 7) is 1.46. The number of fused-ring (bicyclic) bond motifs is 1. The van der Waals surface area contributed by atoms with Crippen LogP contribution in [0.1, 0.15) is 37.1 Å². The van der Waals surface area contributed by atoms with E-state index in [2.05, 4.69) is 29.8 Å². The smallest absolute Gasteiger partial charge is 0.109 e. The van der Waals surface area contributed by atoms with Gasteiger partial charge < -0.3 is 15.0 Å². The van der Waals surface area contributed by atoms with E-state index in [0.717, 1.165) is 36.4 Å². The van der Waals surface area contributed by atoms with Crippen LogP contribution in [0, 0.1) is 0 Å². The van der Waals surface area contributed by atoms with Gasteiger partial charge in [0.25, 0.3) is 0 Å². The van der Waals surface area contributed by atoms with Crippen molar-refractivity contribution in [3.8, 4) is 0 Å². The number of aromatic nitrogens is 2. The first-order valence-corrected chi connectivity index (χ1v) is 7.54. The Morgan fingerprint density at radius 2 is 2.30 bits per heavy atom. The second-order valence-electron chi connectivity index (χ2n) is 5.60. The molecule has 1 saturated heterocycles. The number of imidazole rings is 1. The van der Waals surface area contributed by atoms with Crippen LogP contribution in [0.3, 0.4) is 0 Å². The zero-order chi connectivity index (χ0) is 13.9. The van der Waals surface area contributed by atoms with Gasteiger partial charge in [-0.05, 0) is 37.3 Å². The Morgan fingerprint density at radius 1 is 1.40 bits per heavy atom. The highest BCUT2D eigenvalue weighted by Gasteiger charge is 2.16. The average Bonchev–Trinajstić information content (AvgIpc) is 2.83. The van der Waals surface area contributed by atoms with E-state index in [9.17, 15) is 0 Å². The van der Waals surface area contributed by atoms with E-state index in [4.69, 9.17) is 15.5 Å². The van der Waals surface area contributed by atoms with Gasteiger partial charge >= 0.3 is 0 Å². The molecule has 2 aromatic rings. The number of hydrogen-bond acceptors (Lipinski definition) is 3. The van der Waals surface area contributed by atoms with Crippen LogP contribution in [0.5, 0.6) is 0 Å².